The third-order valence-electron chi connectivity index (χ3n) is 5.40. The van der Waals surface area contributed by atoms with Crippen LogP contribution in [0.1, 0.15) is 37.8 Å². The average molecular weight is 373 g/mol. The lowest BCUT2D eigenvalue weighted by atomic mass is 9.99. The van der Waals surface area contributed by atoms with Gasteiger partial charge >= 0.3 is 0 Å². The predicted molar refractivity (Wildman–Crippen MR) is 111 cm³/mol. The van der Waals surface area contributed by atoms with Gasteiger partial charge in [-0.05, 0) is 55.5 Å². The summed E-state index contributed by atoms with van der Waals surface area (Å²) in [6, 6.07) is 19.0. The molecule has 26 heavy (non-hydrogen) atoms. The molecule has 2 aromatic carbocycles. The first-order valence-corrected chi connectivity index (χ1v) is 9.27. The highest BCUT2D eigenvalue weighted by atomic mass is 35.5. The van der Waals surface area contributed by atoms with E-state index < -0.39 is 0 Å². The zero-order chi connectivity index (χ0) is 17.6. The standard InChI is InChI=1S/C22H28N2O.ClH/c1-17(24(2)22(25)13-8-18-14-15-23-16-18)19-9-11-21(12-10-19)20-6-4-3-5-7-20;/h3-7,9-12,17-18,23H,8,13-16H2,1-2H3;1H. The molecule has 140 valence electrons. The van der Waals surface area contributed by atoms with Crippen molar-refractivity contribution < 1.29 is 4.79 Å². The normalized spacial score (nSPS) is 17.4. The molecule has 1 N–H and O–H groups in total. The Balaban J connectivity index is 0.00000243. The fourth-order valence-corrected chi connectivity index (χ4v) is 3.49. The highest BCUT2D eigenvalue weighted by Gasteiger charge is 2.20. The summed E-state index contributed by atoms with van der Waals surface area (Å²) < 4.78 is 0. The van der Waals surface area contributed by atoms with Gasteiger partial charge < -0.3 is 10.2 Å². The summed E-state index contributed by atoms with van der Waals surface area (Å²) in [6.45, 7) is 4.26. The fraction of sp³-hybridized carbons (Fsp3) is 0.409. The van der Waals surface area contributed by atoms with Crippen LogP contribution in [0.5, 0.6) is 0 Å². The maximum absolute atomic E-state index is 12.5. The molecular weight excluding hydrogens is 344 g/mol. The van der Waals surface area contributed by atoms with E-state index in [1.165, 1.54) is 23.1 Å². The van der Waals surface area contributed by atoms with Gasteiger partial charge in [0.25, 0.3) is 0 Å². The Morgan fingerprint density at radius 1 is 1.12 bits per heavy atom. The van der Waals surface area contributed by atoms with Crippen LogP contribution in [0.15, 0.2) is 54.6 Å². The van der Waals surface area contributed by atoms with Gasteiger partial charge in [-0.3, -0.25) is 4.79 Å². The Hall–Kier alpha value is -1.84. The van der Waals surface area contributed by atoms with E-state index in [2.05, 4.69) is 60.8 Å². The van der Waals surface area contributed by atoms with E-state index in [1.807, 2.05) is 18.0 Å². The van der Waals surface area contributed by atoms with Crippen molar-refractivity contribution in [3.8, 4) is 11.1 Å². The molecule has 1 saturated heterocycles. The lowest BCUT2D eigenvalue weighted by Gasteiger charge is -2.26. The number of carbonyl (C=O) groups is 1. The molecular formula is C22H29ClN2O. The van der Waals surface area contributed by atoms with Gasteiger partial charge in [0.15, 0.2) is 0 Å². The smallest absolute Gasteiger partial charge is 0.222 e. The Morgan fingerprint density at radius 2 is 1.77 bits per heavy atom. The number of benzene rings is 2. The number of halogens is 1. The molecule has 0 saturated carbocycles. The topological polar surface area (TPSA) is 32.3 Å². The van der Waals surface area contributed by atoms with Crippen molar-refractivity contribution in [2.24, 2.45) is 5.92 Å². The molecule has 4 heteroatoms. The third-order valence-corrected chi connectivity index (χ3v) is 5.40. The second-order valence-electron chi connectivity index (χ2n) is 7.07. The number of nitrogens with zero attached hydrogens (tertiary/aromatic N) is 1. The fourth-order valence-electron chi connectivity index (χ4n) is 3.49. The van der Waals surface area contributed by atoms with Crippen molar-refractivity contribution in [2.45, 2.75) is 32.2 Å². The van der Waals surface area contributed by atoms with E-state index in [9.17, 15) is 4.79 Å². The number of hydrogen-bond acceptors (Lipinski definition) is 2. The van der Waals surface area contributed by atoms with E-state index in [1.54, 1.807) is 0 Å². The molecule has 1 aliphatic heterocycles. The van der Waals surface area contributed by atoms with Crippen molar-refractivity contribution >= 4 is 18.3 Å². The summed E-state index contributed by atoms with van der Waals surface area (Å²) in [7, 11) is 1.92. The van der Waals surface area contributed by atoms with Crippen LogP contribution in [-0.2, 0) is 4.79 Å². The highest BCUT2D eigenvalue weighted by molar-refractivity contribution is 5.85. The maximum atomic E-state index is 12.5. The SMILES string of the molecule is CC(c1ccc(-c2ccccc2)cc1)N(C)C(=O)CCC1CCNC1.Cl. The molecule has 1 heterocycles. The lowest BCUT2D eigenvalue weighted by molar-refractivity contribution is -0.132. The molecule has 2 aromatic rings. The Labute approximate surface area is 163 Å². The van der Waals surface area contributed by atoms with E-state index in [4.69, 9.17) is 0 Å². The molecule has 2 atom stereocenters. The number of rotatable bonds is 6. The van der Waals surface area contributed by atoms with Crippen molar-refractivity contribution in [1.82, 2.24) is 10.2 Å². The van der Waals surface area contributed by atoms with Crippen molar-refractivity contribution in [2.75, 3.05) is 20.1 Å². The minimum Gasteiger partial charge on any atom is -0.339 e. The van der Waals surface area contributed by atoms with E-state index in [0.717, 1.165) is 19.5 Å². The molecule has 0 spiro atoms. The minimum absolute atomic E-state index is 0. The molecule has 3 rings (SSSR count). The molecule has 2 unspecified atom stereocenters. The van der Waals surface area contributed by atoms with Crippen LogP contribution >= 0.6 is 12.4 Å². The van der Waals surface area contributed by atoms with E-state index in [0.29, 0.717) is 12.3 Å². The first-order valence-electron chi connectivity index (χ1n) is 9.27. The second kappa shape index (κ2) is 9.75. The van der Waals surface area contributed by atoms with Gasteiger partial charge in [0.2, 0.25) is 5.91 Å². The second-order valence-corrected chi connectivity index (χ2v) is 7.07. The summed E-state index contributed by atoms with van der Waals surface area (Å²) in [5.74, 6) is 0.907. The van der Waals surface area contributed by atoms with Crippen LogP contribution in [0, 0.1) is 5.92 Å². The summed E-state index contributed by atoms with van der Waals surface area (Å²) >= 11 is 0. The predicted octanol–water partition coefficient (Wildman–Crippen LogP) is 4.68. The first kappa shape index (κ1) is 20.5. The molecule has 0 bridgehead atoms. The molecule has 1 amide bonds. The van der Waals surface area contributed by atoms with E-state index in [-0.39, 0.29) is 24.4 Å². The minimum atomic E-state index is 0. The maximum Gasteiger partial charge on any atom is 0.222 e. The van der Waals surface area contributed by atoms with Crippen LogP contribution in [0.2, 0.25) is 0 Å². The third kappa shape index (κ3) is 5.09. The molecule has 1 aliphatic rings. The van der Waals surface area contributed by atoms with Crippen LogP contribution < -0.4 is 5.32 Å². The van der Waals surface area contributed by atoms with Crippen molar-refractivity contribution in [3.63, 3.8) is 0 Å². The highest BCUT2D eigenvalue weighted by Crippen LogP contribution is 2.25. The number of hydrogen-bond donors (Lipinski definition) is 1. The Kier molecular flexibility index (Phi) is 7.67. The molecule has 3 nitrogen and oxygen atoms in total. The Morgan fingerprint density at radius 3 is 2.38 bits per heavy atom. The Bertz CT molecular complexity index is 681. The van der Waals surface area contributed by atoms with Crippen molar-refractivity contribution in [3.05, 3.63) is 60.2 Å². The van der Waals surface area contributed by atoms with Gasteiger partial charge in [-0.2, -0.15) is 0 Å². The van der Waals surface area contributed by atoms with Gasteiger partial charge in [-0.1, -0.05) is 54.6 Å². The van der Waals surface area contributed by atoms with Gasteiger partial charge in [0.05, 0.1) is 6.04 Å². The summed E-state index contributed by atoms with van der Waals surface area (Å²) in [4.78, 5) is 14.4. The van der Waals surface area contributed by atoms with Crippen LogP contribution in [0.3, 0.4) is 0 Å². The monoisotopic (exact) mass is 372 g/mol. The summed E-state index contributed by atoms with van der Waals surface area (Å²) in [5.41, 5.74) is 3.61. The van der Waals surface area contributed by atoms with Crippen LogP contribution in [-0.4, -0.2) is 30.9 Å². The summed E-state index contributed by atoms with van der Waals surface area (Å²) in [5, 5.41) is 3.37. The molecule has 1 fully saturated rings. The molecule has 0 radical (unpaired) electrons. The zero-order valence-corrected chi connectivity index (χ0v) is 16.5. The largest absolute Gasteiger partial charge is 0.339 e. The number of carbonyl (C=O) groups excluding carboxylic acids is 1. The molecule has 0 aromatic heterocycles. The average Bonchev–Trinajstić information content (AvgIpc) is 3.19. The van der Waals surface area contributed by atoms with Crippen LogP contribution in [0.4, 0.5) is 0 Å². The lowest BCUT2D eigenvalue weighted by Crippen LogP contribution is -2.30. The molecule has 0 aliphatic carbocycles. The van der Waals surface area contributed by atoms with Gasteiger partial charge in [0.1, 0.15) is 0 Å². The van der Waals surface area contributed by atoms with Crippen molar-refractivity contribution in [1.29, 1.82) is 0 Å². The summed E-state index contributed by atoms with van der Waals surface area (Å²) in [6.07, 6.45) is 2.85. The van der Waals surface area contributed by atoms with Gasteiger partial charge in [-0.15, -0.1) is 12.4 Å². The van der Waals surface area contributed by atoms with E-state index >= 15 is 0 Å². The van der Waals surface area contributed by atoms with Gasteiger partial charge in [0, 0.05) is 13.5 Å². The number of nitrogens with one attached hydrogen (secondary N) is 1. The van der Waals surface area contributed by atoms with Crippen LogP contribution in [0.25, 0.3) is 11.1 Å². The number of amides is 1. The van der Waals surface area contributed by atoms with Gasteiger partial charge in [-0.25, -0.2) is 0 Å². The zero-order valence-electron chi connectivity index (χ0n) is 15.7. The quantitative estimate of drug-likeness (QED) is 0.798. The first-order chi connectivity index (χ1) is 12.1.